The molecule has 0 saturated carbocycles. The van der Waals surface area contributed by atoms with Crippen LogP contribution in [0, 0.1) is 0 Å². The van der Waals surface area contributed by atoms with Crippen molar-refractivity contribution in [2.45, 2.75) is 26.2 Å². The van der Waals surface area contributed by atoms with Crippen molar-refractivity contribution in [3.63, 3.8) is 0 Å². The first kappa shape index (κ1) is 14.2. The minimum atomic E-state index is -0.753. The highest BCUT2D eigenvalue weighted by molar-refractivity contribution is 6.22. The van der Waals surface area contributed by atoms with E-state index in [1.807, 2.05) is 13.8 Å². The maximum absolute atomic E-state index is 12.7. The van der Waals surface area contributed by atoms with Crippen molar-refractivity contribution in [2.24, 2.45) is 0 Å². The van der Waals surface area contributed by atoms with Gasteiger partial charge in [0.1, 0.15) is 0 Å². The number of nitrogens with one attached hydrogen (secondary N) is 1. The molecule has 114 valence electrons. The summed E-state index contributed by atoms with van der Waals surface area (Å²) in [5, 5.41) is 3.94. The quantitative estimate of drug-likeness (QED) is 0.833. The Balaban J connectivity index is 2.02. The third kappa shape index (κ3) is 1.97. The SMILES string of the molecule is CC(C)c1cccc2c1C(=O)N(N1CCC(=O)NC1=O)C2=O. The highest BCUT2D eigenvalue weighted by atomic mass is 16.2. The number of nitrogens with zero attached hydrogens (tertiary/aromatic N) is 2. The molecule has 0 unspecified atom stereocenters. The van der Waals surface area contributed by atoms with Crippen molar-refractivity contribution in [1.82, 2.24) is 15.3 Å². The lowest BCUT2D eigenvalue weighted by Crippen LogP contribution is -2.58. The van der Waals surface area contributed by atoms with Crippen LogP contribution in [0.25, 0.3) is 0 Å². The van der Waals surface area contributed by atoms with Gasteiger partial charge in [-0.3, -0.25) is 19.7 Å². The van der Waals surface area contributed by atoms with Gasteiger partial charge in [-0.1, -0.05) is 26.0 Å². The van der Waals surface area contributed by atoms with Crippen molar-refractivity contribution in [3.8, 4) is 0 Å². The van der Waals surface area contributed by atoms with Crippen molar-refractivity contribution < 1.29 is 19.2 Å². The molecule has 2 aliphatic rings. The monoisotopic (exact) mass is 301 g/mol. The van der Waals surface area contributed by atoms with E-state index in [-0.39, 0.29) is 18.9 Å². The van der Waals surface area contributed by atoms with E-state index in [2.05, 4.69) is 5.32 Å². The van der Waals surface area contributed by atoms with Crippen molar-refractivity contribution >= 4 is 23.8 Å². The van der Waals surface area contributed by atoms with Gasteiger partial charge in [0.25, 0.3) is 11.8 Å². The number of fused-ring (bicyclic) bond motifs is 1. The van der Waals surface area contributed by atoms with Crippen LogP contribution in [0.3, 0.4) is 0 Å². The summed E-state index contributed by atoms with van der Waals surface area (Å²) < 4.78 is 0. The molecule has 0 aromatic heterocycles. The third-order valence-electron chi connectivity index (χ3n) is 3.82. The summed E-state index contributed by atoms with van der Waals surface area (Å²) in [6.07, 6.45) is 0.0518. The molecule has 0 radical (unpaired) electrons. The van der Waals surface area contributed by atoms with Crippen LogP contribution in [0.4, 0.5) is 4.79 Å². The zero-order valence-corrected chi connectivity index (χ0v) is 12.3. The fourth-order valence-electron chi connectivity index (χ4n) is 2.75. The predicted molar refractivity (Wildman–Crippen MR) is 75.9 cm³/mol. The summed E-state index contributed by atoms with van der Waals surface area (Å²) in [5.74, 6) is -1.40. The molecule has 0 atom stereocenters. The van der Waals surface area contributed by atoms with E-state index in [9.17, 15) is 19.2 Å². The first-order chi connectivity index (χ1) is 10.4. The smallest absolute Gasteiger partial charge is 0.276 e. The fourth-order valence-corrected chi connectivity index (χ4v) is 2.75. The number of rotatable bonds is 2. The zero-order chi connectivity index (χ0) is 16.0. The average Bonchev–Trinajstić information content (AvgIpc) is 2.72. The minimum absolute atomic E-state index is 0.00709. The maximum atomic E-state index is 12.7. The fraction of sp³-hybridized carbons (Fsp3) is 0.333. The summed E-state index contributed by atoms with van der Waals surface area (Å²) in [5.41, 5.74) is 1.40. The summed E-state index contributed by atoms with van der Waals surface area (Å²) in [6, 6.07) is 4.35. The minimum Gasteiger partial charge on any atom is -0.276 e. The molecule has 0 bridgehead atoms. The van der Waals surface area contributed by atoms with Gasteiger partial charge in [0, 0.05) is 6.42 Å². The van der Waals surface area contributed by atoms with E-state index < -0.39 is 23.8 Å². The summed E-state index contributed by atoms with van der Waals surface area (Å²) in [4.78, 5) is 48.3. The van der Waals surface area contributed by atoms with E-state index in [4.69, 9.17) is 0 Å². The second-order valence-corrected chi connectivity index (χ2v) is 5.57. The topological polar surface area (TPSA) is 86.8 Å². The molecule has 2 aliphatic heterocycles. The Hall–Kier alpha value is -2.70. The maximum Gasteiger partial charge on any atom is 0.343 e. The molecule has 1 saturated heterocycles. The van der Waals surface area contributed by atoms with Crippen LogP contribution in [0.15, 0.2) is 18.2 Å². The first-order valence-corrected chi connectivity index (χ1v) is 7.04. The second kappa shape index (κ2) is 4.94. The van der Waals surface area contributed by atoms with Gasteiger partial charge in [0.05, 0.1) is 17.7 Å². The average molecular weight is 301 g/mol. The number of carbonyl (C=O) groups excluding carboxylic acids is 4. The Morgan fingerprint density at radius 1 is 1.09 bits per heavy atom. The largest absolute Gasteiger partial charge is 0.343 e. The van der Waals surface area contributed by atoms with Crippen LogP contribution >= 0.6 is 0 Å². The Morgan fingerprint density at radius 3 is 2.45 bits per heavy atom. The van der Waals surface area contributed by atoms with Crippen molar-refractivity contribution in [3.05, 3.63) is 34.9 Å². The molecule has 0 aliphatic carbocycles. The van der Waals surface area contributed by atoms with Gasteiger partial charge in [0.2, 0.25) is 5.91 Å². The zero-order valence-electron chi connectivity index (χ0n) is 12.3. The van der Waals surface area contributed by atoms with Crippen molar-refractivity contribution in [2.75, 3.05) is 6.54 Å². The molecule has 1 N–H and O–H groups in total. The molecule has 5 amide bonds. The molecule has 22 heavy (non-hydrogen) atoms. The molecule has 1 aromatic carbocycles. The number of imide groups is 2. The molecule has 7 heteroatoms. The van der Waals surface area contributed by atoms with Crippen molar-refractivity contribution in [1.29, 1.82) is 0 Å². The molecule has 2 heterocycles. The molecular formula is C15H15N3O4. The van der Waals surface area contributed by atoms with E-state index in [0.29, 0.717) is 11.1 Å². The van der Waals surface area contributed by atoms with E-state index in [1.54, 1.807) is 18.2 Å². The Labute approximate surface area is 126 Å². The highest BCUT2D eigenvalue weighted by Crippen LogP contribution is 2.31. The van der Waals surface area contributed by atoms with E-state index >= 15 is 0 Å². The van der Waals surface area contributed by atoms with Gasteiger partial charge in [-0.15, -0.1) is 0 Å². The van der Waals surface area contributed by atoms with Crippen LogP contribution in [-0.2, 0) is 4.79 Å². The van der Waals surface area contributed by atoms with Gasteiger partial charge < -0.3 is 0 Å². The Morgan fingerprint density at radius 2 is 1.82 bits per heavy atom. The predicted octanol–water partition coefficient (Wildman–Crippen LogP) is 1.26. The van der Waals surface area contributed by atoms with Crippen LogP contribution in [-0.4, -0.2) is 40.3 Å². The van der Waals surface area contributed by atoms with Gasteiger partial charge in [-0.25, -0.2) is 9.80 Å². The van der Waals surface area contributed by atoms with Gasteiger partial charge >= 0.3 is 6.03 Å². The standard InChI is InChI=1S/C15H15N3O4/c1-8(2)9-4-3-5-10-12(9)14(21)18(13(10)20)17-7-6-11(19)16-15(17)22/h3-5,8H,6-7H2,1-2H3,(H,16,19,22). The lowest BCUT2D eigenvalue weighted by Gasteiger charge is -2.32. The Kier molecular flexibility index (Phi) is 3.20. The number of benzene rings is 1. The van der Waals surface area contributed by atoms with Crippen LogP contribution < -0.4 is 5.32 Å². The summed E-state index contributed by atoms with van der Waals surface area (Å²) in [7, 11) is 0. The number of hydrogen-bond acceptors (Lipinski definition) is 4. The second-order valence-electron chi connectivity index (χ2n) is 5.57. The van der Waals surface area contributed by atoms with Crippen LogP contribution in [0.5, 0.6) is 0 Å². The first-order valence-electron chi connectivity index (χ1n) is 7.04. The van der Waals surface area contributed by atoms with Crippen LogP contribution in [0.1, 0.15) is 52.5 Å². The Bertz CT molecular complexity index is 711. The molecule has 1 aromatic rings. The summed E-state index contributed by atoms with van der Waals surface area (Å²) in [6.45, 7) is 3.87. The molecule has 7 nitrogen and oxygen atoms in total. The third-order valence-corrected chi connectivity index (χ3v) is 3.82. The molecular weight excluding hydrogens is 286 g/mol. The van der Waals surface area contributed by atoms with E-state index in [0.717, 1.165) is 15.6 Å². The summed E-state index contributed by atoms with van der Waals surface area (Å²) >= 11 is 0. The molecule has 3 rings (SSSR count). The number of amides is 5. The van der Waals surface area contributed by atoms with Crippen LogP contribution in [0.2, 0.25) is 0 Å². The van der Waals surface area contributed by atoms with E-state index in [1.165, 1.54) is 0 Å². The highest BCUT2D eigenvalue weighted by Gasteiger charge is 2.44. The number of hydrazine groups is 1. The normalized spacial score (nSPS) is 18.1. The number of carbonyl (C=O) groups is 4. The molecule has 0 spiro atoms. The van der Waals surface area contributed by atoms with Gasteiger partial charge in [-0.05, 0) is 17.5 Å². The lowest BCUT2D eigenvalue weighted by atomic mass is 9.94. The van der Waals surface area contributed by atoms with Gasteiger partial charge in [-0.2, -0.15) is 5.01 Å². The number of urea groups is 1. The lowest BCUT2D eigenvalue weighted by molar-refractivity contribution is -0.122. The number of hydrogen-bond donors (Lipinski definition) is 1. The molecule has 1 fully saturated rings. The van der Waals surface area contributed by atoms with Gasteiger partial charge in [0.15, 0.2) is 0 Å².